The van der Waals surface area contributed by atoms with Crippen LogP contribution in [0.3, 0.4) is 0 Å². The summed E-state index contributed by atoms with van der Waals surface area (Å²) in [6.07, 6.45) is 4.67. The summed E-state index contributed by atoms with van der Waals surface area (Å²) < 4.78 is 2.73. The summed E-state index contributed by atoms with van der Waals surface area (Å²) in [6.45, 7) is 0.854. The molecule has 78 valence electrons. The van der Waals surface area contributed by atoms with E-state index in [1.54, 1.807) is 12.1 Å². The molecule has 0 fully saturated rings. The number of phenolic OH excluding ortho intramolecular Hbond substituents is 1. The monoisotopic (exact) mass is 220 g/mol. The van der Waals surface area contributed by atoms with Gasteiger partial charge in [-0.1, -0.05) is 12.1 Å². The zero-order chi connectivity index (χ0) is 10.7. The summed E-state index contributed by atoms with van der Waals surface area (Å²) in [7, 11) is 0. The summed E-state index contributed by atoms with van der Waals surface area (Å²) in [5.74, 6) is 0.303. The summed E-state index contributed by atoms with van der Waals surface area (Å²) >= 11 is 5.09. The number of rotatable bonds is 3. The second-order valence-electron chi connectivity index (χ2n) is 3.38. The van der Waals surface area contributed by atoms with Crippen LogP contribution in [0.4, 0.5) is 0 Å². The molecular formula is C11H12N2OS. The first kappa shape index (κ1) is 9.98. The first-order valence-corrected chi connectivity index (χ1v) is 5.18. The van der Waals surface area contributed by atoms with Gasteiger partial charge >= 0.3 is 0 Å². The first-order chi connectivity index (χ1) is 7.25. The van der Waals surface area contributed by atoms with E-state index in [0.29, 0.717) is 5.75 Å². The van der Waals surface area contributed by atoms with Crippen LogP contribution >= 0.6 is 12.2 Å². The van der Waals surface area contributed by atoms with Gasteiger partial charge in [0.2, 0.25) is 0 Å². The van der Waals surface area contributed by atoms with Crippen molar-refractivity contribution in [3.63, 3.8) is 0 Å². The van der Waals surface area contributed by atoms with E-state index in [2.05, 4.69) is 4.98 Å². The average Bonchev–Trinajstić information content (AvgIpc) is 2.63. The third kappa shape index (κ3) is 2.47. The Bertz CT molecular complexity index is 484. The topological polar surface area (TPSA) is 41.0 Å². The van der Waals surface area contributed by atoms with Crippen LogP contribution in [0, 0.1) is 4.77 Å². The molecular weight excluding hydrogens is 208 g/mol. The van der Waals surface area contributed by atoms with Gasteiger partial charge in [0.05, 0.1) is 0 Å². The lowest BCUT2D eigenvalue weighted by Crippen LogP contribution is -1.99. The Morgan fingerprint density at radius 2 is 2.00 bits per heavy atom. The van der Waals surface area contributed by atoms with Crippen LogP contribution in [0.2, 0.25) is 0 Å². The molecule has 1 heterocycles. The second kappa shape index (κ2) is 4.31. The van der Waals surface area contributed by atoms with E-state index >= 15 is 0 Å². The molecule has 0 atom stereocenters. The number of aryl methyl sites for hydroxylation is 2. The van der Waals surface area contributed by atoms with Crippen LogP contribution < -0.4 is 0 Å². The molecule has 4 heteroatoms. The molecule has 0 unspecified atom stereocenters. The maximum atomic E-state index is 9.13. The predicted octanol–water partition coefficient (Wildman–Crippen LogP) is 2.49. The Balaban J connectivity index is 2.02. The molecule has 3 nitrogen and oxygen atoms in total. The van der Waals surface area contributed by atoms with Gasteiger partial charge in [0.25, 0.3) is 0 Å². The van der Waals surface area contributed by atoms with Crippen molar-refractivity contribution in [2.75, 3.05) is 0 Å². The second-order valence-corrected chi connectivity index (χ2v) is 3.76. The number of nitrogens with zero attached hydrogens (tertiary/aromatic N) is 1. The molecule has 2 N–H and O–H groups in total. The largest absolute Gasteiger partial charge is 0.508 e. The number of aromatic nitrogens is 2. The van der Waals surface area contributed by atoms with E-state index in [0.717, 1.165) is 17.7 Å². The highest BCUT2D eigenvalue weighted by atomic mass is 32.1. The van der Waals surface area contributed by atoms with Gasteiger partial charge in [-0.05, 0) is 36.3 Å². The van der Waals surface area contributed by atoms with E-state index in [1.807, 2.05) is 29.1 Å². The molecule has 0 spiro atoms. The minimum Gasteiger partial charge on any atom is -0.508 e. The van der Waals surface area contributed by atoms with Crippen LogP contribution in [0.1, 0.15) is 5.56 Å². The van der Waals surface area contributed by atoms with Gasteiger partial charge in [0, 0.05) is 18.9 Å². The highest BCUT2D eigenvalue weighted by molar-refractivity contribution is 7.71. The van der Waals surface area contributed by atoms with Crippen molar-refractivity contribution in [2.24, 2.45) is 0 Å². The molecule has 2 aromatic rings. The fourth-order valence-electron chi connectivity index (χ4n) is 1.44. The van der Waals surface area contributed by atoms with E-state index in [-0.39, 0.29) is 0 Å². The smallest absolute Gasteiger partial charge is 0.177 e. The molecule has 0 bridgehead atoms. The Hall–Kier alpha value is -1.55. The fourth-order valence-corrected chi connectivity index (χ4v) is 1.66. The fraction of sp³-hybridized carbons (Fsp3) is 0.182. The van der Waals surface area contributed by atoms with E-state index in [9.17, 15) is 0 Å². The van der Waals surface area contributed by atoms with Crippen LogP contribution in [0.25, 0.3) is 0 Å². The molecule has 0 aliphatic heterocycles. The number of benzene rings is 1. The Labute approximate surface area is 93.0 Å². The molecule has 0 amide bonds. The quantitative estimate of drug-likeness (QED) is 0.780. The minimum absolute atomic E-state index is 0.303. The number of phenols is 1. The Morgan fingerprint density at radius 1 is 1.27 bits per heavy atom. The lowest BCUT2D eigenvalue weighted by molar-refractivity contribution is 0.475. The first-order valence-electron chi connectivity index (χ1n) is 4.77. The summed E-state index contributed by atoms with van der Waals surface area (Å²) in [5, 5.41) is 9.13. The predicted molar refractivity (Wildman–Crippen MR) is 61.4 cm³/mol. The van der Waals surface area contributed by atoms with E-state index < -0.39 is 0 Å². The average molecular weight is 220 g/mol. The standard InChI is InChI=1S/C11H12N2OS/c14-10-3-1-9(2-4-10)5-7-13-8-6-12-11(13)15/h1-4,6,8,14H,5,7H2,(H,12,15). The molecule has 0 radical (unpaired) electrons. The SMILES string of the molecule is Oc1ccc(CCn2cc[nH]c2=S)cc1. The normalized spacial score (nSPS) is 10.4. The molecule has 15 heavy (non-hydrogen) atoms. The molecule has 1 aromatic heterocycles. The number of hydrogen-bond acceptors (Lipinski definition) is 2. The summed E-state index contributed by atoms with van der Waals surface area (Å²) in [4.78, 5) is 2.95. The maximum absolute atomic E-state index is 9.13. The van der Waals surface area contributed by atoms with Gasteiger partial charge in [-0.3, -0.25) is 0 Å². The van der Waals surface area contributed by atoms with Crippen molar-refractivity contribution in [1.29, 1.82) is 0 Å². The lowest BCUT2D eigenvalue weighted by Gasteiger charge is -2.02. The van der Waals surface area contributed by atoms with Crippen LogP contribution in [-0.2, 0) is 13.0 Å². The van der Waals surface area contributed by atoms with Crippen LogP contribution in [0.5, 0.6) is 5.75 Å². The van der Waals surface area contributed by atoms with Gasteiger partial charge in [-0.25, -0.2) is 0 Å². The summed E-state index contributed by atoms with van der Waals surface area (Å²) in [6, 6.07) is 7.24. The van der Waals surface area contributed by atoms with Crippen molar-refractivity contribution < 1.29 is 5.11 Å². The van der Waals surface area contributed by atoms with Gasteiger partial charge in [-0.2, -0.15) is 0 Å². The number of imidazole rings is 1. The minimum atomic E-state index is 0.303. The number of hydrogen-bond donors (Lipinski definition) is 2. The summed E-state index contributed by atoms with van der Waals surface area (Å²) in [5.41, 5.74) is 1.19. The van der Waals surface area contributed by atoms with Crippen LogP contribution in [-0.4, -0.2) is 14.7 Å². The number of aromatic amines is 1. The van der Waals surface area contributed by atoms with Crippen molar-refractivity contribution in [2.45, 2.75) is 13.0 Å². The third-order valence-corrected chi connectivity index (χ3v) is 2.65. The molecule has 0 aliphatic rings. The lowest BCUT2D eigenvalue weighted by atomic mass is 10.1. The Morgan fingerprint density at radius 3 is 2.60 bits per heavy atom. The van der Waals surface area contributed by atoms with Gasteiger partial charge < -0.3 is 14.7 Å². The Kier molecular flexibility index (Phi) is 2.87. The van der Waals surface area contributed by atoms with Crippen LogP contribution in [0.15, 0.2) is 36.7 Å². The number of nitrogens with one attached hydrogen (secondary N) is 1. The highest BCUT2D eigenvalue weighted by Crippen LogP contribution is 2.10. The molecule has 0 saturated heterocycles. The van der Waals surface area contributed by atoms with Gasteiger partial charge in [-0.15, -0.1) is 0 Å². The van der Waals surface area contributed by atoms with Gasteiger partial charge in [0.1, 0.15) is 5.75 Å². The van der Waals surface area contributed by atoms with Crippen molar-refractivity contribution >= 4 is 12.2 Å². The molecule has 2 rings (SSSR count). The number of H-pyrrole nitrogens is 1. The number of aromatic hydroxyl groups is 1. The van der Waals surface area contributed by atoms with Crippen molar-refractivity contribution in [3.8, 4) is 5.75 Å². The van der Waals surface area contributed by atoms with E-state index in [1.165, 1.54) is 5.56 Å². The third-order valence-electron chi connectivity index (χ3n) is 2.30. The van der Waals surface area contributed by atoms with Crippen molar-refractivity contribution in [3.05, 3.63) is 47.0 Å². The molecule has 0 aliphatic carbocycles. The van der Waals surface area contributed by atoms with E-state index in [4.69, 9.17) is 17.3 Å². The molecule has 0 saturated carbocycles. The molecule has 1 aromatic carbocycles. The zero-order valence-corrected chi connectivity index (χ0v) is 9.00. The highest BCUT2D eigenvalue weighted by Gasteiger charge is 1.96. The van der Waals surface area contributed by atoms with Gasteiger partial charge in [0.15, 0.2) is 4.77 Å². The van der Waals surface area contributed by atoms with Crippen molar-refractivity contribution in [1.82, 2.24) is 9.55 Å². The maximum Gasteiger partial charge on any atom is 0.177 e. The zero-order valence-electron chi connectivity index (χ0n) is 8.18.